The Bertz CT molecular complexity index is 395. The number of nitrogens with zero attached hydrogens (tertiary/aromatic N) is 1. The van der Waals surface area contributed by atoms with Crippen LogP contribution >= 0.6 is 0 Å². The van der Waals surface area contributed by atoms with E-state index in [0.29, 0.717) is 6.42 Å². The van der Waals surface area contributed by atoms with Crippen LogP contribution in [0.4, 0.5) is 5.69 Å². The summed E-state index contributed by atoms with van der Waals surface area (Å²) in [6, 6.07) is 7.64. The van der Waals surface area contributed by atoms with Crippen LogP contribution in [0.1, 0.15) is 37.7 Å². The Morgan fingerprint density at radius 2 is 1.67 bits per heavy atom. The maximum absolute atomic E-state index is 12.3. The number of carbonyl (C=O) groups is 1. The van der Waals surface area contributed by atoms with E-state index in [-0.39, 0.29) is 5.91 Å². The minimum Gasteiger partial charge on any atom is -0.398 e. The molecule has 1 fully saturated rings. The zero-order valence-corrected chi connectivity index (χ0v) is 10.9. The molecule has 0 unspecified atom stereocenters. The summed E-state index contributed by atoms with van der Waals surface area (Å²) in [5, 5.41) is 0. The Morgan fingerprint density at radius 3 is 2.33 bits per heavy atom. The number of rotatable bonds is 2. The van der Waals surface area contributed by atoms with Crippen LogP contribution in [0.25, 0.3) is 0 Å². The van der Waals surface area contributed by atoms with Gasteiger partial charge >= 0.3 is 0 Å². The first kappa shape index (κ1) is 12.9. The third-order valence-electron chi connectivity index (χ3n) is 3.61. The van der Waals surface area contributed by atoms with Gasteiger partial charge in [0.2, 0.25) is 5.91 Å². The SMILES string of the molecule is Nc1ccccc1CC(=O)N1CCCCCCC1. The maximum Gasteiger partial charge on any atom is 0.227 e. The third-order valence-corrected chi connectivity index (χ3v) is 3.61. The number of hydrogen-bond donors (Lipinski definition) is 1. The molecule has 1 aliphatic heterocycles. The number of hydrogen-bond acceptors (Lipinski definition) is 2. The third kappa shape index (κ3) is 3.49. The molecule has 2 N–H and O–H groups in total. The number of amides is 1. The summed E-state index contributed by atoms with van der Waals surface area (Å²) in [6.45, 7) is 1.82. The highest BCUT2D eigenvalue weighted by molar-refractivity contribution is 5.80. The van der Waals surface area contributed by atoms with Crippen molar-refractivity contribution in [2.45, 2.75) is 38.5 Å². The summed E-state index contributed by atoms with van der Waals surface area (Å²) >= 11 is 0. The summed E-state index contributed by atoms with van der Waals surface area (Å²) in [7, 11) is 0. The first-order valence-electron chi connectivity index (χ1n) is 6.88. The monoisotopic (exact) mass is 246 g/mol. The highest BCUT2D eigenvalue weighted by Gasteiger charge is 2.15. The van der Waals surface area contributed by atoms with E-state index in [1.807, 2.05) is 29.2 Å². The Hall–Kier alpha value is -1.51. The lowest BCUT2D eigenvalue weighted by molar-refractivity contribution is -0.130. The maximum atomic E-state index is 12.3. The molecular formula is C15H22N2O. The summed E-state index contributed by atoms with van der Waals surface area (Å²) < 4.78 is 0. The van der Waals surface area contributed by atoms with Gasteiger partial charge in [-0.05, 0) is 24.5 Å². The molecule has 1 heterocycles. The lowest BCUT2D eigenvalue weighted by Gasteiger charge is -2.25. The average Bonchev–Trinajstić information content (AvgIpc) is 2.31. The molecule has 3 nitrogen and oxygen atoms in total. The van der Waals surface area contributed by atoms with Gasteiger partial charge in [-0.15, -0.1) is 0 Å². The normalized spacial score (nSPS) is 17.0. The van der Waals surface area contributed by atoms with Crippen molar-refractivity contribution in [3.63, 3.8) is 0 Å². The number of benzene rings is 1. The van der Waals surface area contributed by atoms with Crippen LogP contribution in [0, 0.1) is 0 Å². The molecular weight excluding hydrogens is 224 g/mol. The molecule has 0 aliphatic carbocycles. The van der Waals surface area contributed by atoms with E-state index < -0.39 is 0 Å². The molecule has 1 aromatic rings. The first-order valence-corrected chi connectivity index (χ1v) is 6.88. The number of anilines is 1. The summed E-state index contributed by atoms with van der Waals surface area (Å²) in [4.78, 5) is 14.3. The molecule has 1 saturated heterocycles. The molecule has 0 saturated carbocycles. The molecule has 1 amide bonds. The van der Waals surface area contributed by atoms with Crippen LogP contribution in [0.5, 0.6) is 0 Å². The second kappa shape index (κ2) is 6.43. The number of nitrogen functional groups attached to an aromatic ring is 1. The lowest BCUT2D eigenvalue weighted by Crippen LogP contribution is -2.35. The average molecular weight is 246 g/mol. The summed E-state index contributed by atoms with van der Waals surface area (Å²) in [5.74, 6) is 0.217. The predicted octanol–water partition coefficient (Wildman–Crippen LogP) is 2.60. The van der Waals surface area contributed by atoms with Crippen molar-refractivity contribution in [3.05, 3.63) is 29.8 Å². The van der Waals surface area contributed by atoms with Gasteiger partial charge in [0.15, 0.2) is 0 Å². The Morgan fingerprint density at radius 1 is 1.06 bits per heavy atom. The van der Waals surface area contributed by atoms with Crippen LogP contribution in [0.15, 0.2) is 24.3 Å². The summed E-state index contributed by atoms with van der Waals surface area (Å²) in [6.07, 6.45) is 6.51. The van der Waals surface area contributed by atoms with E-state index in [4.69, 9.17) is 5.73 Å². The predicted molar refractivity (Wildman–Crippen MR) is 74.2 cm³/mol. The minimum atomic E-state index is 0.217. The topological polar surface area (TPSA) is 46.3 Å². The van der Waals surface area contributed by atoms with Gasteiger partial charge < -0.3 is 10.6 Å². The Kier molecular flexibility index (Phi) is 4.62. The van der Waals surface area contributed by atoms with E-state index in [0.717, 1.165) is 37.2 Å². The molecule has 1 aromatic carbocycles. The fourth-order valence-corrected chi connectivity index (χ4v) is 2.47. The van der Waals surface area contributed by atoms with Gasteiger partial charge in [-0.3, -0.25) is 4.79 Å². The zero-order chi connectivity index (χ0) is 12.8. The molecule has 18 heavy (non-hydrogen) atoms. The van der Waals surface area contributed by atoms with E-state index >= 15 is 0 Å². The van der Waals surface area contributed by atoms with Crippen LogP contribution in [-0.2, 0) is 11.2 Å². The zero-order valence-electron chi connectivity index (χ0n) is 10.9. The highest BCUT2D eigenvalue weighted by Crippen LogP contribution is 2.15. The molecule has 0 atom stereocenters. The molecule has 2 rings (SSSR count). The van der Waals surface area contributed by atoms with Crippen molar-refractivity contribution >= 4 is 11.6 Å². The Labute approximate surface area is 109 Å². The van der Waals surface area contributed by atoms with Crippen molar-refractivity contribution in [1.29, 1.82) is 0 Å². The lowest BCUT2D eigenvalue weighted by atomic mass is 10.1. The van der Waals surface area contributed by atoms with E-state index in [9.17, 15) is 4.79 Å². The van der Waals surface area contributed by atoms with E-state index in [1.54, 1.807) is 0 Å². The van der Waals surface area contributed by atoms with Crippen molar-refractivity contribution in [2.24, 2.45) is 0 Å². The molecule has 0 aromatic heterocycles. The van der Waals surface area contributed by atoms with Gasteiger partial charge in [0.05, 0.1) is 6.42 Å². The first-order chi connectivity index (χ1) is 8.77. The van der Waals surface area contributed by atoms with Gasteiger partial charge in [0, 0.05) is 18.8 Å². The van der Waals surface area contributed by atoms with Crippen molar-refractivity contribution in [1.82, 2.24) is 4.90 Å². The quantitative estimate of drug-likeness (QED) is 0.815. The molecule has 98 valence electrons. The van der Waals surface area contributed by atoms with Gasteiger partial charge in [-0.1, -0.05) is 37.5 Å². The molecule has 0 bridgehead atoms. The number of carbonyl (C=O) groups excluding carboxylic acids is 1. The second-order valence-electron chi connectivity index (χ2n) is 5.02. The van der Waals surface area contributed by atoms with Gasteiger partial charge in [-0.25, -0.2) is 0 Å². The number of likely N-dealkylation sites (tertiary alicyclic amines) is 1. The molecule has 1 aliphatic rings. The van der Waals surface area contributed by atoms with Crippen molar-refractivity contribution < 1.29 is 4.79 Å². The molecule has 0 radical (unpaired) electrons. The second-order valence-corrected chi connectivity index (χ2v) is 5.02. The minimum absolute atomic E-state index is 0.217. The van der Waals surface area contributed by atoms with Crippen molar-refractivity contribution in [2.75, 3.05) is 18.8 Å². The molecule has 0 spiro atoms. The van der Waals surface area contributed by atoms with Crippen LogP contribution in [0.2, 0.25) is 0 Å². The van der Waals surface area contributed by atoms with Crippen LogP contribution < -0.4 is 5.73 Å². The van der Waals surface area contributed by atoms with Crippen LogP contribution in [0.3, 0.4) is 0 Å². The Balaban J connectivity index is 1.96. The fraction of sp³-hybridized carbons (Fsp3) is 0.533. The number of nitrogens with two attached hydrogens (primary N) is 1. The largest absolute Gasteiger partial charge is 0.398 e. The fourth-order valence-electron chi connectivity index (χ4n) is 2.47. The number of para-hydroxylation sites is 1. The summed E-state index contributed by atoms with van der Waals surface area (Å²) in [5.41, 5.74) is 7.55. The smallest absolute Gasteiger partial charge is 0.227 e. The van der Waals surface area contributed by atoms with E-state index in [2.05, 4.69) is 0 Å². The van der Waals surface area contributed by atoms with Crippen molar-refractivity contribution in [3.8, 4) is 0 Å². The van der Waals surface area contributed by atoms with Crippen LogP contribution in [-0.4, -0.2) is 23.9 Å². The van der Waals surface area contributed by atoms with Gasteiger partial charge in [0.25, 0.3) is 0 Å². The highest BCUT2D eigenvalue weighted by atomic mass is 16.2. The standard InChI is InChI=1S/C15H22N2O/c16-14-9-5-4-8-13(14)12-15(18)17-10-6-2-1-3-7-11-17/h4-5,8-9H,1-3,6-7,10-12,16H2. The van der Waals surface area contributed by atoms with E-state index in [1.165, 1.54) is 19.3 Å². The van der Waals surface area contributed by atoms with Gasteiger partial charge in [0.1, 0.15) is 0 Å². The molecule has 3 heteroatoms. The van der Waals surface area contributed by atoms with Gasteiger partial charge in [-0.2, -0.15) is 0 Å².